The number of likely N-dealkylation sites (tertiary alicyclic amines) is 1. The van der Waals surface area contributed by atoms with E-state index in [-0.39, 0.29) is 0 Å². The molecule has 0 saturated carbocycles. The van der Waals surface area contributed by atoms with Crippen LogP contribution in [0.3, 0.4) is 0 Å². The lowest BCUT2D eigenvalue weighted by Gasteiger charge is -2.26. The Morgan fingerprint density at radius 2 is 1.95 bits per heavy atom. The van der Waals surface area contributed by atoms with Crippen LogP contribution < -0.4 is 9.47 Å². The predicted molar refractivity (Wildman–Crippen MR) is 70.7 cm³/mol. The number of carboxylic acids is 1. The molecule has 1 atom stereocenters. The Morgan fingerprint density at radius 3 is 2.47 bits per heavy atom. The molecule has 1 fully saturated rings. The minimum atomic E-state index is -0.853. The van der Waals surface area contributed by atoms with Crippen LogP contribution in [0.5, 0.6) is 11.5 Å². The van der Waals surface area contributed by atoms with Gasteiger partial charge >= 0.3 is 5.97 Å². The third-order valence-corrected chi connectivity index (χ3v) is 3.47. The molecule has 0 bridgehead atoms. The van der Waals surface area contributed by atoms with Crippen LogP contribution in [0, 0.1) is 0 Å². The molecule has 0 aliphatic carbocycles. The number of methoxy groups -OCH3 is 2. The molecule has 0 aromatic heterocycles. The van der Waals surface area contributed by atoms with Crippen molar-refractivity contribution in [3.8, 4) is 11.5 Å². The van der Waals surface area contributed by atoms with Crippen molar-refractivity contribution in [3.63, 3.8) is 0 Å². The molecule has 1 aromatic rings. The van der Waals surface area contributed by atoms with Crippen molar-refractivity contribution in [2.24, 2.45) is 0 Å². The molecule has 0 unspecified atom stereocenters. The SMILES string of the molecule is COc1cccc([C@H](C(=O)O)N2CCCC2)c1OC. The highest BCUT2D eigenvalue weighted by molar-refractivity contribution is 5.77. The molecule has 1 heterocycles. The van der Waals surface area contributed by atoms with Crippen molar-refractivity contribution < 1.29 is 19.4 Å². The lowest BCUT2D eigenvalue weighted by atomic mass is 10.0. The molecule has 1 aliphatic heterocycles. The molecule has 19 heavy (non-hydrogen) atoms. The number of carbonyl (C=O) groups is 1. The molecular weight excluding hydrogens is 246 g/mol. The van der Waals surface area contributed by atoms with Gasteiger partial charge in [0.25, 0.3) is 0 Å². The lowest BCUT2D eigenvalue weighted by Crippen LogP contribution is -2.32. The number of nitrogens with zero attached hydrogens (tertiary/aromatic N) is 1. The Labute approximate surface area is 112 Å². The summed E-state index contributed by atoms with van der Waals surface area (Å²) in [5.74, 6) is 0.211. The Balaban J connectivity index is 2.43. The van der Waals surface area contributed by atoms with E-state index in [1.807, 2.05) is 4.90 Å². The van der Waals surface area contributed by atoms with Crippen molar-refractivity contribution in [2.45, 2.75) is 18.9 Å². The van der Waals surface area contributed by atoms with Crippen LogP contribution in [0.4, 0.5) is 0 Å². The van der Waals surface area contributed by atoms with Gasteiger partial charge in [-0.15, -0.1) is 0 Å². The summed E-state index contributed by atoms with van der Waals surface area (Å²) in [5.41, 5.74) is 0.649. The third kappa shape index (κ3) is 2.66. The summed E-state index contributed by atoms with van der Waals surface area (Å²) in [4.78, 5) is 13.6. The maximum Gasteiger partial charge on any atom is 0.325 e. The number of rotatable bonds is 5. The maximum atomic E-state index is 11.6. The second-order valence-electron chi connectivity index (χ2n) is 4.57. The van der Waals surface area contributed by atoms with E-state index in [1.54, 1.807) is 25.3 Å². The van der Waals surface area contributed by atoms with Gasteiger partial charge in [-0.1, -0.05) is 12.1 Å². The third-order valence-electron chi connectivity index (χ3n) is 3.47. The number of carboxylic acid groups (broad SMARTS) is 1. The Hall–Kier alpha value is -1.75. The average molecular weight is 265 g/mol. The Bertz CT molecular complexity index is 455. The van der Waals surface area contributed by atoms with Crippen LogP contribution in [0.15, 0.2) is 18.2 Å². The Morgan fingerprint density at radius 1 is 1.26 bits per heavy atom. The zero-order valence-corrected chi connectivity index (χ0v) is 11.3. The average Bonchev–Trinajstić information content (AvgIpc) is 2.92. The van der Waals surface area contributed by atoms with E-state index in [0.29, 0.717) is 17.1 Å². The highest BCUT2D eigenvalue weighted by atomic mass is 16.5. The summed E-state index contributed by atoms with van der Waals surface area (Å²) in [7, 11) is 3.08. The van der Waals surface area contributed by atoms with E-state index < -0.39 is 12.0 Å². The van der Waals surface area contributed by atoms with Gasteiger partial charge in [0.05, 0.1) is 14.2 Å². The molecule has 1 aromatic carbocycles. The highest BCUT2D eigenvalue weighted by Crippen LogP contribution is 2.38. The first kappa shape index (κ1) is 13.7. The number of hydrogen-bond acceptors (Lipinski definition) is 4. The minimum absolute atomic E-state index is 0.504. The number of para-hydroxylation sites is 1. The molecule has 0 radical (unpaired) electrons. The maximum absolute atomic E-state index is 11.6. The van der Waals surface area contributed by atoms with E-state index in [4.69, 9.17) is 9.47 Å². The second-order valence-corrected chi connectivity index (χ2v) is 4.57. The first-order valence-electron chi connectivity index (χ1n) is 6.36. The van der Waals surface area contributed by atoms with E-state index in [9.17, 15) is 9.90 Å². The zero-order chi connectivity index (χ0) is 13.8. The number of ether oxygens (including phenoxy) is 2. The normalized spacial score (nSPS) is 17.2. The van der Waals surface area contributed by atoms with E-state index in [0.717, 1.165) is 25.9 Å². The van der Waals surface area contributed by atoms with Gasteiger partial charge in [-0.05, 0) is 32.0 Å². The van der Waals surface area contributed by atoms with Crippen molar-refractivity contribution in [1.82, 2.24) is 4.90 Å². The van der Waals surface area contributed by atoms with Gasteiger partial charge in [0.15, 0.2) is 11.5 Å². The number of benzene rings is 1. The van der Waals surface area contributed by atoms with Gasteiger partial charge in [-0.2, -0.15) is 0 Å². The van der Waals surface area contributed by atoms with Gasteiger partial charge in [-0.25, -0.2) is 0 Å². The molecule has 1 saturated heterocycles. The summed E-state index contributed by atoms with van der Waals surface area (Å²) in [6.07, 6.45) is 2.08. The molecule has 0 amide bonds. The molecule has 1 aliphatic rings. The van der Waals surface area contributed by atoms with Crippen LogP contribution >= 0.6 is 0 Å². The monoisotopic (exact) mass is 265 g/mol. The molecule has 104 valence electrons. The number of aliphatic carboxylic acids is 1. The lowest BCUT2D eigenvalue weighted by molar-refractivity contribution is -0.143. The predicted octanol–water partition coefficient (Wildman–Crippen LogP) is 1.93. The highest BCUT2D eigenvalue weighted by Gasteiger charge is 2.32. The fraction of sp³-hybridized carbons (Fsp3) is 0.500. The molecule has 5 heteroatoms. The summed E-state index contributed by atoms with van der Waals surface area (Å²) >= 11 is 0. The number of hydrogen-bond donors (Lipinski definition) is 1. The molecular formula is C14H19NO4. The van der Waals surface area contributed by atoms with Crippen LogP contribution in [0.1, 0.15) is 24.4 Å². The van der Waals surface area contributed by atoms with Crippen molar-refractivity contribution in [3.05, 3.63) is 23.8 Å². The van der Waals surface area contributed by atoms with Crippen LogP contribution in [0.2, 0.25) is 0 Å². The Kier molecular flexibility index (Phi) is 4.27. The fourth-order valence-electron chi connectivity index (χ4n) is 2.61. The van der Waals surface area contributed by atoms with E-state index in [1.165, 1.54) is 7.11 Å². The van der Waals surface area contributed by atoms with E-state index >= 15 is 0 Å². The topological polar surface area (TPSA) is 59.0 Å². The quantitative estimate of drug-likeness (QED) is 0.881. The smallest absolute Gasteiger partial charge is 0.325 e. The molecule has 5 nitrogen and oxygen atoms in total. The summed E-state index contributed by atoms with van der Waals surface area (Å²) in [6, 6.07) is 4.68. The van der Waals surface area contributed by atoms with Gasteiger partial charge < -0.3 is 14.6 Å². The van der Waals surface area contributed by atoms with Gasteiger partial charge in [0.2, 0.25) is 0 Å². The molecule has 2 rings (SSSR count). The largest absolute Gasteiger partial charge is 0.493 e. The van der Waals surface area contributed by atoms with Crippen molar-refractivity contribution >= 4 is 5.97 Å². The summed E-state index contributed by atoms with van der Waals surface area (Å²) < 4.78 is 10.6. The van der Waals surface area contributed by atoms with Crippen molar-refractivity contribution in [1.29, 1.82) is 0 Å². The van der Waals surface area contributed by atoms with Gasteiger partial charge in [0.1, 0.15) is 6.04 Å². The van der Waals surface area contributed by atoms with Gasteiger partial charge in [0, 0.05) is 5.56 Å². The van der Waals surface area contributed by atoms with Crippen molar-refractivity contribution in [2.75, 3.05) is 27.3 Å². The summed E-state index contributed by atoms with van der Waals surface area (Å²) in [5, 5.41) is 9.53. The van der Waals surface area contributed by atoms with Crippen LogP contribution in [-0.4, -0.2) is 43.3 Å². The minimum Gasteiger partial charge on any atom is -0.493 e. The standard InChI is InChI=1S/C14H19NO4/c1-18-11-7-5-6-10(13(11)19-2)12(14(16)17)15-8-3-4-9-15/h5-7,12H,3-4,8-9H2,1-2H3,(H,16,17)/t12-/m1/s1. The van der Waals surface area contributed by atoms with Crippen LogP contribution in [0.25, 0.3) is 0 Å². The molecule has 1 N–H and O–H groups in total. The first-order valence-corrected chi connectivity index (χ1v) is 6.36. The van der Waals surface area contributed by atoms with Crippen LogP contribution in [-0.2, 0) is 4.79 Å². The van der Waals surface area contributed by atoms with Gasteiger partial charge in [-0.3, -0.25) is 9.69 Å². The molecule has 0 spiro atoms. The first-order chi connectivity index (χ1) is 9.19. The zero-order valence-electron chi connectivity index (χ0n) is 11.3. The summed E-state index contributed by atoms with van der Waals surface area (Å²) in [6.45, 7) is 1.61. The second kappa shape index (κ2) is 5.93. The fourth-order valence-corrected chi connectivity index (χ4v) is 2.61. The van der Waals surface area contributed by atoms with E-state index in [2.05, 4.69) is 0 Å².